The van der Waals surface area contributed by atoms with Crippen LogP contribution in [0, 0.1) is 5.92 Å². The number of rotatable bonds is 7. The van der Waals surface area contributed by atoms with E-state index in [0.29, 0.717) is 0 Å². The molecule has 1 fully saturated rings. The fraction of sp³-hybridized carbons (Fsp3) is 0.667. The molecule has 1 aromatic heterocycles. The predicted octanol–water partition coefficient (Wildman–Crippen LogP) is 3.77. The lowest BCUT2D eigenvalue weighted by atomic mass is 10.0. The first-order valence-corrected chi connectivity index (χ1v) is 8.18. The Balaban J connectivity index is 1.62. The Kier molecular flexibility index (Phi) is 5.86. The minimum absolute atomic E-state index is 0.000818. The lowest BCUT2D eigenvalue weighted by Gasteiger charge is -2.09. The summed E-state index contributed by atoms with van der Waals surface area (Å²) in [7, 11) is 0. The van der Waals surface area contributed by atoms with Gasteiger partial charge >= 0.3 is 0 Å². The lowest BCUT2D eigenvalue weighted by Crippen LogP contribution is -2.16. The molecule has 0 aliphatic heterocycles. The maximum Gasteiger partial charge on any atom is 0.221 e. The van der Waals surface area contributed by atoms with Crippen molar-refractivity contribution in [2.45, 2.75) is 52.0 Å². The molecule has 19 heavy (non-hydrogen) atoms. The van der Waals surface area contributed by atoms with Crippen molar-refractivity contribution in [1.29, 1.82) is 0 Å². The van der Waals surface area contributed by atoms with E-state index < -0.39 is 0 Å². The van der Waals surface area contributed by atoms with Crippen molar-refractivity contribution in [1.82, 2.24) is 5.32 Å². The van der Waals surface area contributed by atoms with Crippen molar-refractivity contribution in [2.24, 2.45) is 5.92 Å². The number of hydrogen-bond acceptors (Lipinski definition) is 3. The average Bonchev–Trinajstić information content (AvgIpc) is 3.00. The number of amides is 1. The SMILES string of the molecule is CC(=O)Nc1ccsc1CNCCCC1CCCC1. The van der Waals surface area contributed by atoms with Crippen LogP contribution in [0.1, 0.15) is 50.3 Å². The minimum atomic E-state index is 0.000818. The van der Waals surface area contributed by atoms with Crippen LogP contribution in [-0.2, 0) is 11.3 Å². The molecular formula is C15H24N2OS. The molecule has 0 radical (unpaired) electrons. The van der Waals surface area contributed by atoms with Crippen molar-refractivity contribution in [2.75, 3.05) is 11.9 Å². The number of nitrogens with one attached hydrogen (secondary N) is 2. The summed E-state index contributed by atoms with van der Waals surface area (Å²) in [5.74, 6) is 0.986. The van der Waals surface area contributed by atoms with E-state index in [1.807, 2.05) is 11.4 Å². The average molecular weight is 280 g/mol. The lowest BCUT2D eigenvalue weighted by molar-refractivity contribution is -0.114. The second-order valence-corrected chi connectivity index (χ2v) is 6.41. The fourth-order valence-corrected chi connectivity index (χ4v) is 3.60. The van der Waals surface area contributed by atoms with Crippen LogP contribution in [0.4, 0.5) is 5.69 Å². The first-order valence-electron chi connectivity index (χ1n) is 7.30. The molecule has 0 bridgehead atoms. The first-order chi connectivity index (χ1) is 9.25. The Morgan fingerprint density at radius 2 is 2.21 bits per heavy atom. The van der Waals surface area contributed by atoms with Gasteiger partial charge < -0.3 is 10.6 Å². The molecule has 0 atom stereocenters. The molecule has 3 nitrogen and oxygen atoms in total. The molecule has 1 saturated carbocycles. The van der Waals surface area contributed by atoms with Gasteiger partial charge in [0.25, 0.3) is 0 Å². The number of carbonyl (C=O) groups is 1. The monoisotopic (exact) mass is 280 g/mol. The second-order valence-electron chi connectivity index (χ2n) is 5.41. The van der Waals surface area contributed by atoms with E-state index in [1.54, 1.807) is 18.3 Å². The van der Waals surface area contributed by atoms with Crippen molar-refractivity contribution < 1.29 is 4.79 Å². The zero-order valence-electron chi connectivity index (χ0n) is 11.7. The maximum absolute atomic E-state index is 11.1. The molecule has 2 rings (SSSR count). The van der Waals surface area contributed by atoms with Crippen LogP contribution in [0.5, 0.6) is 0 Å². The number of carbonyl (C=O) groups excluding carboxylic acids is 1. The highest BCUT2D eigenvalue weighted by Crippen LogP contribution is 2.28. The molecule has 1 amide bonds. The number of hydrogen-bond donors (Lipinski definition) is 2. The summed E-state index contributed by atoms with van der Waals surface area (Å²) in [6.07, 6.45) is 8.40. The van der Waals surface area contributed by atoms with Gasteiger partial charge in [-0.25, -0.2) is 0 Å². The largest absolute Gasteiger partial charge is 0.325 e. The summed E-state index contributed by atoms with van der Waals surface area (Å²) >= 11 is 1.70. The topological polar surface area (TPSA) is 41.1 Å². The Morgan fingerprint density at radius 1 is 1.42 bits per heavy atom. The molecule has 0 unspecified atom stereocenters. The fourth-order valence-electron chi connectivity index (χ4n) is 2.80. The summed E-state index contributed by atoms with van der Waals surface area (Å²) in [5.41, 5.74) is 0.959. The third-order valence-electron chi connectivity index (χ3n) is 3.78. The van der Waals surface area contributed by atoms with Gasteiger partial charge in [-0.3, -0.25) is 4.79 Å². The molecule has 1 heterocycles. The van der Waals surface area contributed by atoms with E-state index in [9.17, 15) is 4.79 Å². The van der Waals surface area contributed by atoms with E-state index in [0.717, 1.165) is 24.7 Å². The van der Waals surface area contributed by atoms with Gasteiger partial charge in [0.05, 0.1) is 5.69 Å². The van der Waals surface area contributed by atoms with Crippen molar-refractivity contribution in [3.8, 4) is 0 Å². The molecule has 1 aliphatic rings. The van der Waals surface area contributed by atoms with Crippen molar-refractivity contribution >= 4 is 22.9 Å². The molecule has 1 aliphatic carbocycles. The normalized spacial score (nSPS) is 15.8. The van der Waals surface area contributed by atoms with Crippen LogP contribution in [0.2, 0.25) is 0 Å². The standard InChI is InChI=1S/C15H24N2OS/c1-12(18)17-14-8-10-19-15(14)11-16-9-4-7-13-5-2-3-6-13/h8,10,13,16H,2-7,9,11H2,1H3,(H,17,18). The Labute approximate surface area is 119 Å². The molecule has 4 heteroatoms. The molecule has 1 aromatic rings. The second kappa shape index (κ2) is 7.65. The highest BCUT2D eigenvalue weighted by atomic mass is 32.1. The van der Waals surface area contributed by atoms with E-state index in [1.165, 1.54) is 43.4 Å². The third kappa shape index (κ3) is 4.96. The van der Waals surface area contributed by atoms with Gasteiger partial charge in [-0.15, -0.1) is 11.3 Å². The minimum Gasteiger partial charge on any atom is -0.325 e. The Morgan fingerprint density at radius 3 is 2.95 bits per heavy atom. The highest BCUT2D eigenvalue weighted by Gasteiger charge is 2.13. The van der Waals surface area contributed by atoms with Gasteiger partial charge in [0.1, 0.15) is 0 Å². The Bertz CT molecular complexity index is 397. The molecule has 2 N–H and O–H groups in total. The zero-order valence-corrected chi connectivity index (χ0v) is 12.5. The van der Waals surface area contributed by atoms with Crippen LogP contribution in [0.3, 0.4) is 0 Å². The third-order valence-corrected chi connectivity index (χ3v) is 4.70. The smallest absolute Gasteiger partial charge is 0.221 e. The first kappa shape index (κ1) is 14.5. The van der Waals surface area contributed by atoms with E-state index in [4.69, 9.17) is 0 Å². The van der Waals surface area contributed by atoms with Crippen LogP contribution >= 0.6 is 11.3 Å². The molecule has 0 saturated heterocycles. The van der Waals surface area contributed by atoms with Gasteiger partial charge in [-0.2, -0.15) is 0 Å². The highest BCUT2D eigenvalue weighted by molar-refractivity contribution is 7.10. The van der Waals surface area contributed by atoms with Gasteiger partial charge in [-0.1, -0.05) is 25.7 Å². The van der Waals surface area contributed by atoms with Crippen molar-refractivity contribution in [3.63, 3.8) is 0 Å². The van der Waals surface area contributed by atoms with Gasteiger partial charge in [0.15, 0.2) is 0 Å². The van der Waals surface area contributed by atoms with Crippen molar-refractivity contribution in [3.05, 3.63) is 16.3 Å². The molecule has 0 aromatic carbocycles. The molecular weight excluding hydrogens is 256 g/mol. The predicted molar refractivity (Wildman–Crippen MR) is 81.5 cm³/mol. The van der Waals surface area contributed by atoms with E-state index in [-0.39, 0.29) is 5.91 Å². The summed E-state index contributed by atoms with van der Waals surface area (Å²) in [4.78, 5) is 12.3. The van der Waals surface area contributed by atoms with Gasteiger partial charge in [0, 0.05) is 18.3 Å². The molecule has 106 valence electrons. The van der Waals surface area contributed by atoms with E-state index >= 15 is 0 Å². The van der Waals surface area contributed by atoms with Crippen LogP contribution < -0.4 is 10.6 Å². The van der Waals surface area contributed by atoms with Crippen LogP contribution in [0.15, 0.2) is 11.4 Å². The van der Waals surface area contributed by atoms with Gasteiger partial charge in [-0.05, 0) is 36.8 Å². The van der Waals surface area contributed by atoms with Gasteiger partial charge in [0.2, 0.25) is 5.91 Å². The quantitative estimate of drug-likeness (QED) is 0.747. The summed E-state index contributed by atoms with van der Waals surface area (Å²) in [6.45, 7) is 3.49. The number of anilines is 1. The van der Waals surface area contributed by atoms with E-state index in [2.05, 4.69) is 10.6 Å². The Hall–Kier alpha value is -0.870. The number of thiophene rings is 1. The summed E-state index contributed by atoms with van der Waals surface area (Å²) in [5, 5.41) is 8.38. The molecule has 0 spiro atoms. The van der Waals surface area contributed by atoms with Crippen LogP contribution in [-0.4, -0.2) is 12.5 Å². The summed E-state index contributed by atoms with van der Waals surface area (Å²) < 4.78 is 0. The van der Waals surface area contributed by atoms with Crippen LogP contribution in [0.25, 0.3) is 0 Å². The summed E-state index contributed by atoms with van der Waals surface area (Å²) in [6, 6.07) is 1.97. The maximum atomic E-state index is 11.1. The zero-order chi connectivity index (χ0) is 13.5.